The van der Waals surface area contributed by atoms with Crippen LogP contribution in [0.5, 0.6) is 0 Å². The van der Waals surface area contributed by atoms with Gasteiger partial charge in [0.2, 0.25) is 5.91 Å². The van der Waals surface area contributed by atoms with Crippen molar-refractivity contribution >= 4 is 17.7 Å². The van der Waals surface area contributed by atoms with Crippen LogP contribution >= 0.6 is 0 Å². The summed E-state index contributed by atoms with van der Waals surface area (Å²) in [6.07, 6.45) is 5.10. The van der Waals surface area contributed by atoms with Gasteiger partial charge < -0.3 is 9.73 Å². The maximum absolute atomic E-state index is 12.5. The number of rotatable bonds is 6. The average Bonchev–Trinajstić information content (AvgIpc) is 3.33. The highest BCUT2D eigenvalue weighted by atomic mass is 16.3. The number of benzene rings is 1. The van der Waals surface area contributed by atoms with Crippen LogP contribution in [0.25, 0.3) is 0 Å². The highest BCUT2D eigenvalue weighted by Gasteiger charge is 2.36. The first-order valence-corrected chi connectivity index (χ1v) is 9.64. The number of carbonyl (C=O) groups is 3. The zero-order chi connectivity index (χ0) is 19.5. The van der Waals surface area contributed by atoms with E-state index in [9.17, 15) is 14.4 Å². The summed E-state index contributed by atoms with van der Waals surface area (Å²) >= 11 is 0. The summed E-state index contributed by atoms with van der Waals surface area (Å²) in [5.41, 5.74) is 0.698. The molecule has 7 nitrogen and oxygen atoms in total. The molecule has 0 bridgehead atoms. The summed E-state index contributed by atoms with van der Waals surface area (Å²) in [6.45, 7) is 2.01. The molecule has 1 atom stereocenters. The molecule has 0 aliphatic carbocycles. The van der Waals surface area contributed by atoms with E-state index in [-0.39, 0.29) is 18.5 Å². The summed E-state index contributed by atoms with van der Waals surface area (Å²) in [7, 11) is 0. The van der Waals surface area contributed by atoms with Crippen molar-refractivity contribution in [2.45, 2.75) is 25.3 Å². The minimum Gasteiger partial charge on any atom is -0.468 e. The van der Waals surface area contributed by atoms with Crippen LogP contribution in [0.15, 0.2) is 47.1 Å². The Morgan fingerprint density at radius 3 is 2.29 bits per heavy atom. The van der Waals surface area contributed by atoms with Gasteiger partial charge in [-0.15, -0.1) is 0 Å². The largest absolute Gasteiger partial charge is 0.468 e. The smallest absolute Gasteiger partial charge is 0.262 e. The average molecular weight is 381 g/mol. The second-order valence-corrected chi connectivity index (χ2v) is 7.17. The monoisotopic (exact) mass is 381 g/mol. The molecule has 0 saturated carbocycles. The fourth-order valence-corrected chi connectivity index (χ4v) is 3.91. The third kappa shape index (κ3) is 3.57. The number of imide groups is 1. The molecule has 28 heavy (non-hydrogen) atoms. The van der Waals surface area contributed by atoms with Crippen LogP contribution in [0, 0.1) is 0 Å². The molecule has 0 spiro atoms. The first-order chi connectivity index (χ1) is 13.6. The van der Waals surface area contributed by atoms with Gasteiger partial charge >= 0.3 is 0 Å². The topological polar surface area (TPSA) is 82.9 Å². The number of hydrogen-bond acceptors (Lipinski definition) is 5. The van der Waals surface area contributed by atoms with E-state index < -0.39 is 11.8 Å². The number of amides is 3. The van der Waals surface area contributed by atoms with Gasteiger partial charge in [0.05, 0.1) is 23.4 Å². The van der Waals surface area contributed by atoms with Crippen LogP contribution in [0.3, 0.4) is 0 Å². The predicted molar refractivity (Wildman–Crippen MR) is 102 cm³/mol. The van der Waals surface area contributed by atoms with Crippen molar-refractivity contribution in [3.8, 4) is 0 Å². The van der Waals surface area contributed by atoms with E-state index in [0.29, 0.717) is 17.7 Å². The fraction of sp³-hybridized carbons (Fsp3) is 0.381. The number of hydrogen-bond donors (Lipinski definition) is 1. The van der Waals surface area contributed by atoms with Crippen LogP contribution in [0.4, 0.5) is 0 Å². The summed E-state index contributed by atoms with van der Waals surface area (Å²) in [5.74, 6) is -0.394. The maximum Gasteiger partial charge on any atom is 0.262 e. The van der Waals surface area contributed by atoms with Crippen molar-refractivity contribution < 1.29 is 18.8 Å². The molecule has 0 radical (unpaired) electrons. The molecular weight excluding hydrogens is 358 g/mol. The van der Waals surface area contributed by atoms with Gasteiger partial charge in [0, 0.05) is 6.54 Å². The summed E-state index contributed by atoms with van der Waals surface area (Å²) in [4.78, 5) is 40.6. The Morgan fingerprint density at radius 1 is 1.00 bits per heavy atom. The van der Waals surface area contributed by atoms with Crippen molar-refractivity contribution in [1.82, 2.24) is 15.1 Å². The predicted octanol–water partition coefficient (Wildman–Crippen LogP) is 2.22. The van der Waals surface area contributed by atoms with Crippen LogP contribution in [0.2, 0.25) is 0 Å². The number of carbonyl (C=O) groups excluding carboxylic acids is 3. The zero-order valence-electron chi connectivity index (χ0n) is 15.6. The Labute approximate surface area is 163 Å². The van der Waals surface area contributed by atoms with Gasteiger partial charge in [-0.3, -0.25) is 24.2 Å². The van der Waals surface area contributed by atoms with Gasteiger partial charge in [0.25, 0.3) is 11.8 Å². The van der Waals surface area contributed by atoms with Crippen molar-refractivity contribution in [2.75, 3.05) is 26.2 Å². The molecule has 4 rings (SSSR count). The molecule has 7 heteroatoms. The van der Waals surface area contributed by atoms with Crippen LogP contribution in [0.1, 0.15) is 51.8 Å². The number of nitrogens with zero attached hydrogens (tertiary/aromatic N) is 2. The lowest BCUT2D eigenvalue weighted by Gasteiger charge is -2.33. The van der Waals surface area contributed by atoms with E-state index >= 15 is 0 Å². The Morgan fingerprint density at radius 2 is 1.68 bits per heavy atom. The summed E-state index contributed by atoms with van der Waals surface area (Å²) in [5, 5.41) is 2.88. The van der Waals surface area contributed by atoms with Gasteiger partial charge in [-0.1, -0.05) is 18.6 Å². The van der Waals surface area contributed by atoms with E-state index in [2.05, 4.69) is 10.2 Å². The molecule has 2 aliphatic heterocycles. The molecule has 1 fully saturated rings. The molecule has 1 aromatic carbocycles. The SMILES string of the molecule is O=C(CN1C(=O)c2ccccc2C1=O)NC[C@H](c1ccco1)N1CCCCC1. The van der Waals surface area contributed by atoms with Crippen LogP contribution < -0.4 is 5.32 Å². The van der Waals surface area contributed by atoms with Gasteiger partial charge in [-0.2, -0.15) is 0 Å². The quantitative estimate of drug-likeness (QED) is 0.776. The van der Waals surface area contributed by atoms with E-state index in [1.165, 1.54) is 6.42 Å². The highest BCUT2D eigenvalue weighted by molar-refractivity contribution is 6.22. The van der Waals surface area contributed by atoms with Gasteiger partial charge in [0.1, 0.15) is 12.3 Å². The molecule has 2 aliphatic rings. The van der Waals surface area contributed by atoms with Crippen molar-refractivity contribution in [3.05, 3.63) is 59.5 Å². The molecule has 146 valence electrons. The molecule has 3 heterocycles. The van der Waals surface area contributed by atoms with E-state index in [4.69, 9.17) is 4.42 Å². The molecule has 1 saturated heterocycles. The van der Waals surface area contributed by atoms with Crippen molar-refractivity contribution in [2.24, 2.45) is 0 Å². The van der Waals surface area contributed by atoms with Gasteiger partial charge in [0.15, 0.2) is 0 Å². The fourth-order valence-electron chi connectivity index (χ4n) is 3.91. The summed E-state index contributed by atoms with van der Waals surface area (Å²) < 4.78 is 5.58. The third-order valence-corrected chi connectivity index (χ3v) is 5.38. The Hall–Kier alpha value is -2.93. The molecule has 1 N–H and O–H groups in total. The van der Waals surface area contributed by atoms with Crippen LogP contribution in [-0.2, 0) is 4.79 Å². The van der Waals surface area contributed by atoms with Crippen molar-refractivity contribution in [1.29, 1.82) is 0 Å². The first-order valence-electron chi connectivity index (χ1n) is 9.64. The Bertz CT molecular complexity index is 837. The number of fused-ring (bicyclic) bond motifs is 1. The third-order valence-electron chi connectivity index (χ3n) is 5.38. The normalized spacial score (nSPS) is 18.2. The minimum atomic E-state index is -0.422. The highest BCUT2D eigenvalue weighted by Crippen LogP contribution is 2.25. The number of piperidine rings is 1. The number of nitrogens with one attached hydrogen (secondary N) is 1. The standard InChI is InChI=1S/C21H23N3O4/c25-19(14-24-20(26)15-7-2-3-8-16(15)21(24)27)22-13-17(18-9-6-12-28-18)23-10-4-1-5-11-23/h2-3,6-9,12,17H,1,4-5,10-11,13-14H2,(H,22,25)/t17-/m1/s1. The molecule has 0 unspecified atom stereocenters. The lowest BCUT2D eigenvalue weighted by molar-refractivity contribution is -0.121. The number of likely N-dealkylation sites (tertiary alicyclic amines) is 1. The minimum absolute atomic E-state index is 0.0542. The second kappa shape index (κ2) is 7.98. The lowest BCUT2D eigenvalue weighted by Crippen LogP contribution is -2.44. The summed E-state index contributed by atoms with van der Waals surface area (Å²) in [6, 6.07) is 10.3. The second-order valence-electron chi connectivity index (χ2n) is 7.17. The molecule has 1 aromatic heterocycles. The van der Waals surface area contributed by atoms with Gasteiger partial charge in [-0.05, 0) is 50.2 Å². The van der Waals surface area contributed by atoms with E-state index in [1.54, 1.807) is 30.5 Å². The number of furan rings is 1. The molecular formula is C21H23N3O4. The molecule has 2 aromatic rings. The maximum atomic E-state index is 12.5. The Balaban J connectivity index is 1.39. The zero-order valence-corrected chi connectivity index (χ0v) is 15.6. The van der Waals surface area contributed by atoms with Crippen LogP contribution in [-0.4, -0.2) is 53.7 Å². The van der Waals surface area contributed by atoms with Crippen molar-refractivity contribution in [3.63, 3.8) is 0 Å². The Kier molecular flexibility index (Phi) is 5.25. The van der Waals surface area contributed by atoms with E-state index in [0.717, 1.165) is 36.6 Å². The lowest BCUT2D eigenvalue weighted by atomic mass is 10.1. The van der Waals surface area contributed by atoms with E-state index in [1.807, 2.05) is 12.1 Å². The van der Waals surface area contributed by atoms with Gasteiger partial charge in [-0.25, -0.2) is 0 Å². The first kappa shape index (κ1) is 18.4. The molecule has 3 amide bonds.